The second-order valence-electron chi connectivity index (χ2n) is 6.18. The van der Waals surface area contributed by atoms with Crippen LogP contribution in [0.5, 0.6) is 5.75 Å². The number of carboxylic acid groups (broad SMARTS) is 1. The first-order chi connectivity index (χ1) is 12.5. The molecule has 9 nitrogen and oxygen atoms in total. The van der Waals surface area contributed by atoms with Crippen LogP contribution in [0.1, 0.15) is 5.56 Å². The molecule has 3 rings (SSSR count). The van der Waals surface area contributed by atoms with Crippen molar-refractivity contribution < 1.29 is 34.1 Å². The van der Waals surface area contributed by atoms with Crippen molar-refractivity contribution in [1.29, 1.82) is 0 Å². The SMILES string of the molecule is O=C(O)[C@H]1O[C@@H]1C(=O)N[C@@H](Cc1ccc(O)cc1)C(=O)N1CCOCC1. The van der Waals surface area contributed by atoms with Crippen LogP contribution in [0.25, 0.3) is 0 Å². The normalized spacial score (nSPS) is 23.2. The summed E-state index contributed by atoms with van der Waals surface area (Å²) in [6.07, 6.45) is -2.03. The predicted octanol–water partition coefficient (Wildman–Crippen LogP) is -0.870. The fourth-order valence-corrected chi connectivity index (χ4v) is 2.83. The van der Waals surface area contributed by atoms with E-state index < -0.39 is 30.1 Å². The molecule has 2 heterocycles. The molecule has 140 valence electrons. The molecule has 9 heteroatoms. The minimum atomic E-state index is -1.21. The third-order valence-corrected chi connectivity index (χ3v) is 4.31. The van der Waals surface area contributed by atoms with Gasteiger partial charge in [-0.2, -0.15) is 0 Å². The number of carbonyl (C=O) groups is 3. The van der Waals surface area contributed by atoms with Gasteiger partial charge in [-0.3, -0.25) is 9.59 Å². The number of nitrogens with zero attached hydrogens (tertiary/aromatic N) is 1. The van der Waals surface area contributed by atoms with Gasteiger partial charge in [0, 0.05) is 19.5 Å². The number of hydrogen-bond acceptors (Lipinski definition) is 6. The highest BCUT2D eigenvalue weighted by Crippen LogP contribution is 2.23. The Morgan fingerprint density at radius 1 is 1.15 bits per heavy atom. The number of morpholine rings is 1. The number of nitrogens with one attached hydrogen (secondary N) is 1. The Hall–Kier alpha value is -2.65. The van der Waals surface area contributed by atoms with E-state index in [0.717, 1.165) is 5.56 Å². The van der Waals surface area contributed by atoms with Crippen LogP contribution in [0.2, 0.25) is 0 Å². The van der Waals surface area contributed by atoms with E-state index in [9.17, 15) is 19.5 Å². The van der Waals surface area contributed by atoms with E-state index in [1.807, 2.05) is 0 Å². The number of aromatic hydroxyl groups is 1. The lowest BCUT2D eigenvalue weighted by Gasteiger charge is -2.30. The van der Waals surface area contributed by atoms with Gasteiger partial charge in [-0.1, -0.05) is 12.1 Å². The summed E-state index contributed by atoms with van der Waals surface area (Å²) < 4.78 is 10.1. The van der Waals surface area contributed by atoms with E-state index in [-0.39, 0.29) is 18.1 Å². The van der Waals surface area contributed by atoms with Crippen molar-refractivity contribution in [2.24, 2.45) is 0 Å². The lowest BCUT2D eigenvalue weighted by molar-refractivity contribution is -0.140. The lowest BCUT2D eigenvalue weighted by atomic mass is 10.0. The summed E-state index contributed by atoms with van der Waals surface area (Å²) >= 11 is 0. The van der Waals surface area contributed by atoms with Crippen LogP contribution in [0, 0.1) is 0 Å². The highest BCUT2D eigenvalue weighted by molar-refractivity contribution is 5.95. The summed E-state index contributed by atoms with van der Waals surface area (Å²) in [5.74, 6) is -1.99. The second-order valence-corrected chi connectivity index (χ2v) is 6.18. The minimum Gasteiger partial charge on any atom is -0.508 e. The molecular weight excluding hydrogens is 344 g/mol. The molecule has 1 aromatic carbocycles. The van der Waals surface area contributed by atoms with Gasteiger partial charge in [-0.05, 0) is 17.7 Å². The summed E-state index contributed by atoms with van der Waals surface area (Å²) in [5, 5.41) is 20.8. The number of phenols is 1. The molecule has 0 bridgehead atoms. The zero-order valence-electron chi connectivity index (χ0n) is 14.0. The van der Waals surface area contributed by atoms with Crippen LogP contribution in [0.4, 0.5) is 0 Å². The molecule has 1 aromatic rings. The first-order valence-corrected chi connectivity index (χ1v) is 8.29. The van der Waals surface area contributed by atoms with E-state index in [1.165, 1.54) is 12.1 Å². The molecule has 2 fully saturated rings. The molecule has 0 radical (unpaired) electrons. The highest BCUT2D eigenvalue weighted by Gasteiger charge is 2.51. The predicted molar refractivity (Wildman–Crippen MR) is 87.4 cm³/mol. The largest absolute Gasteiger partial charge is 0.508 e. The summed E-state index contributed by atoms with van der Waals surface area (Å²) in [6, 6.07) is 5.46. The van der Waals surface area contributed by atoms with Crippen LogP contribution >= 0.6 is 0 Å². The third kappa shape index (κ3) is 4.30. The number of hydrogen-bond donors (Lipinski definition) is 3. The zero-order valence-corrected chi connectivity index (χ0v) is 14.0. The topological polar surface area (TPSA) is 129 Å². The number of ether oxygens (including phenoxy) is 2. The molecule has 0 unspecified atom stereocenters. The van der Waals surface area contributed by atoms with Crippen LogP contribution in [-0.4, -0.2) is 77.4 Å². The number of carboxylic acids is 1. The Morgan fingerprint density at radius 3 is 2.38 bits per heavy atom. The van der Waals surface area contributed by atoms with Crippen LogP contribution in [0.3, 0.4) is 0 Å². The molecule has 0 saturated carbocycles. The van der Waals surface area contributed by atoms with Gasteiger partial charge in [-0.15, -0.1) is 0 Å². The molecular formula is C17H20N2O7. The van der Waals surface area contributed by atoms with Gasteiger partial charge in [0.2, 0.25) is 5.91 Å². The van der Waals surface area contributed by atoms with Gasteiger partial charge in [0.05, 0.1) is 13.2 Å². The van der Waals surface area contributed by atoms with E-state index >= 15 is 0 Å². The maximum Gasteiger partial charge on any atom is 0.336 e. The second kappa shape index (κ2) is 7.71. The zero-order chi connectivity index (χ0) is 18.7. The number of phenolic OH excluding ortho intramolecular Hbond substituents is 1. The summed E-state index contributed by atoms with van der Waals surface area (Å²) in [4.78, 5) is 37.5. The van der Waals surface area contributed by atoms with Gasteiger partial charge in [0.15, 0.2) is 12.2 Å². The van der Waals surface area contributed by atoms with E-state index in [1.54, 1.807) is 17.0 Å². The van der Waals surface area contributed by atoms with Crippen molar-refractivity contribution >= 4 is 17.8 Å². The highest BCUT2D eigenvalue weighted by atomic mass is 16.6. The van der Waals surface area contributed by atoms with Crippen LogP contribution in [0.15, 0.2) is 24.3 Å². The Balaban J connectivity index is 1.70. The van der Waals surface area contributed by atoms with Crippen LogP contribution in [-0.2, 0) is 30.3 Å². The third-order valence-electron chi connectivity index (χ3n) is 4.31. The van der Waals surface area contributed by atoms with Gasteiger partial charge < -0.3 is 29.9 Å². The van der Waals surface area contributed by atoms with Gasteiger partial charge in [0.1, 0.15) is 11.8 Å². The first-order valence-electron chi connectivity index (χ1n) is 8.29. The van der Waals surface area contributed by atoms with Gasteiger partial charge >= 0.3 is 5.97 Å². The molecule has 3 N–H and O–H groups in total. The van der Waals surface area contributed by atoms with E-state index in [2.05, 4.69) is 5.32 Å². The molecule has 26 heavy (non-hydrogen) atoms. The van der Waals surface area contributed by atoms with Crippen molar-refractivity contribution in [3.05, 3.63) is 29.8 Å². The number of amides is 2. The molecule has 3 atom stereocenters. The fourth-order valence-electron chi connectivity index (χ4n) is 2.83. The molecule has 2 saturated heterocycles. The number of rotatable bonds is 6. The van der Waals surface area contributed by atoms with Crippen molar-refractivity contribution in [2.75, 3.05) is 26.3 Å². The van der Waals surface area contributed by atoms with Crippen molar-refractivity contribution in [3.63, 3.8) is 0 Å². The van der Waals surface area contributed by atoms with Crippen molar-refractivity contribution in [2.45, 2.75) is 24.7 Å². The fraction of sp³-hybridized carbons (Fsp3) is 0.471. The van der Waals surface area contributed by atoms with Gasteiger partial charge in [-0.25, -0.2) is 4.79 Å². The molecule has 2 aliphatic rings. The standard InChI is InChI=1S/C17H20N2O7/c20-11-3-1-10(2-4-11)9-12(16(22)19-5-7-25-8-6-19)18-15(21)13-14(26-13)17(23)24/h1-4,12-14,20H,5-9H2,(H,18,21)(H,23,24)/t12-,13-,14-/m0/s1. The molecule has 2 aliphatic heterocycles. The maximum atomic E-state index is 12.8. The smallest absolute Gasteiger partial charge is 0.336 e. The monoisotopic (exact) mass is 364 g/mol. The van der Waals surface area contributed by atoms with E-state index in [0.29, 0.717) is 26.3 Å². The van der Waals surface area contributed by atoms with Crippen LogP contribution < -0.4 is 5.32 Å². The number of benzene rings is 1. The molecule has 0 spiro atoms. The maximum absolute atomic E-state index is 12.8. The minimum absolute atomic E-state index is 0.101. The summed E-state index contributed by atoms with van der Waals surface area (Å²) in [5.41, 5.74) is 0.751. The van der Waals surface area contributed by atoms with E-state index in [4.69, 9.17) is 14.6 Å². The number of aliphatic carboxylic acids is 1. The number of epoxide rings is 1. The first kappa shape index (κ1) is 18.2. The van der Waals surface area contributed by atoms with Gasteiger partial charge in [0.25, 0.3) is 5.91 Å². The molecule has 0 aromatic heterocycles. The molecule has 0 aliphatic carbocycles. The average molecular weight is 364 g/mol. The summed E-state index contributed by atoms with van der Waals surface area (Å²) in [6.45, 7) is 1.72. The quantitative estimate of drug-likeness (QED) is 0.560. The van der Waals surface area contributed by atoms with Crippen molar-refractivity contribution in [1.82, 2.24) is 10.2 Å². The molecule has 2 amide bonds. The Labute approximate surface area is 149 Å². The van der Waals surface area contributed by atoms with Crippen molar-refractivity contribution in [3.8, 4) is 5.75 Å². The Morgan fingerprint density at radius 2 is 1.81 bits per heavy atom. The average Bonchev–Trinajstić information content (AvgIpc) is 3.44. The summed E-state index contributed by atoms with van der Waals surface area (Å²) in [7, 11) is 0. The Bertz CT molecular complexity index is 685. The Kier molecular flexibility index (Phi) is 5.38. The lowest BCUT2D eigenvalue weighted by Crippen LogP contribution is -2.53. The number of carbonyl (C=O) groups excluding carboxylic acids is 2.